The molecular weight excluding hydrogens is 177 g/mol. The lowest BCUT2D eigenvalue weighted by molar-refractivity contribution is 0.832. The number of nitrogens with zero attached hydrogens (tertiary/aromatic N) is 1. The summed E-state index contributed by atoms with van der Waals surface area (Å²) in [5.41, 5.74) is 1.43. The zero-order valence-corrected chi connectivity index (χ0v) is 10.7. The van der Waals surface area contributed by atoms with Crippen LogP contribution >= 0.6 is 8.07 Å². The second kappa shape index (κ2) is 7.50. The lowest BCUT2D eigenvalue weighted by Gasteiger charge is -2.12. The molecule has 0 amide bonds. The van der Waals surface area contributed by atoms with Crippen molar-refractivity contribution in [2.24, 2.45) is 10.7 Å². The molecule has 0 saturated carbocycles. The van der Waals surface area contributed by atoms with Crippen LogP contribution in [0.2, 0.25) is 0 Å². The zero-order chi connectivity index (χ0) is 10.3. The van der Waals surface area contributed by atoms with E-state index in [9.17, 15) is 0 Å². The van der Waals surface area contributed by atoms with Crippen molar-refractivity contribution >= 4 is 13.8 Å². The van der Waals surface area contributed by atoms with Gasteiger partial charge < -0.3 is 0 Å². The fourth-order valence-corrected chi connectivity index (χ4v) is 2.82. The van der Waals surface area contributed by atoms with Crippen LogP contribution < -0.4 is 0 Å². The summed E-state index contributed by atoms with van der Waals surface area (Å²) < 4.78 is 4.84. The van der Waals surface area contributed by atoms with E-state index in [-0.39, 0.29) is 8.07 Å². The average molecular weight is 201 g/mol. The second-order valence-electron chi connectivity index (χ2n) is 3.88. The van der Waals surface area contributed by atoms with E-state index in [0.29, 0.717) is 5.92 Å². The molecule has 13 heavy (non-hydrogen) atoms. The molecule has 78 valence electrons. The first kappa shape index (κ1) is 13.1. The van der Waals surface area contributed by atoms with E-state index < -0.39 is 0 Å². The summed E-state index contributed by atoms with van der Waals surface area (Å²) in [5, 5.41) is 0. The van der Waals surface area contributed by atoms with Crippen LogP contribution in [0.5, 0.6) is 0 Å². The van der Waals surface area contributed by atoms with Gasteiger partial charge in [0.15, 0.2) is 0 Å². The molecule has 2 heteroatoms. The Bertz CT molecular complexity index is 152. The first-order valence-corrected chi connectivity index (χ1v) is 7.33. The minimum Gasteiger partial charge on any atom is -0.271 e. The minimum absolute atomic E-state index is 0.0761. The molecule has 1 unspecified atom stereocenters. The van der Waals surface area contributed by atoms with Crippen LogP contribution in [-0.2, 0) is 0 Å². The van der Waals surface area contributed by atoms with Crippen molar-refractivity contribution in [1.29, 1.82) is 0 Å². The van der Waals surface area contributed by atoms with Crippen molar-refractivity contribution in [3.8, 4) is 0 Å². The van der Waals surface area contributed by atoms with Gasteiger partial charge in [-0.05, 0) is 25.2 Å². The molecule has 0 heterocycles. The molecule has 0 N–H and O–H groups in total. The molecule has 0 spiro atoms. The van der Waals surface area contributed by atoms with Crippen molar-refractivity contribution in [3.05, 3.63) is 0 Å². The van der Waals surface area contributed by atoms with Crippen molar-refractivity contribution in [3.63, 3.8) is 0 Å². The molecule has 0 rings (SSSR count). The lowest BCUT2D eigenvalue weighted by Crippen LogP contribution is -2.06. The Labute approximate surface area is 84.8 Å². The van der Waals surface area contributed by atoms with Gasteiger partial charge in [-0.2, -0.15) is 0 Å². The smallest absolute Gasteiger partial charge is 0.0193 e. The molecule has 0 aromatic rings. The van der Waals surface area contributed by atoms with Gasteiger partial charge >= 0.3 is 0 Å². The van der Waals surface area contributed by atoms with Gasteiger partial charge in [0.2, 0.25) is 0 Å². The maximum Gasteiger partial charge on any atom is 0.0193 e. The Morgan fingerprint density at radius 3 is 2.23 bits per heavy atom. The maximum absolute atomic E-state index is 4.84. The van der Waals surface area contributed by atoms with E-state index in [0.717, 1.165) is 0 Å². The Kier molecular flexibility index (Phi) is 7.56. The summed E-state index contributed by atoms with van der Waals surface area (Å²) in [5.74, 6) is 0.641. The van der Waals surface area contributed by atoms with Gasteiger partial charge in [0.1, 0.15) is 0 Å². The molecule has 0 aromatic heterocycles. The molecule has 0 fully saturated rings. The predicted molar refractivity (Wildman–Crippen MR) is 65.2 cm³/mol. The standard InChI is InChI=1S/C11H24NP/c1-6-8-11(10(3)4)12-13(5)9-7-2/h10H,6-9H2,1-5H3. The van der Waals surface area contributed by atoms with Crippen LogP contribution in [0.1, 0.15) is 47.0 Å². The van der Waals surface area contributed by atoms with E-state index in [4.69, 9.17) is 4.76 Å². The number of hydrogen-bond acceptors (Lipinski definition) is 1. The molecule has 0 bridgehead atoms. The Balaban J connectivity index is 4.16. The summed E-state index contributed by atoms with van der Waals surface area (Å²) in [7, 11) is -0.0761. The van der Waals surface area contributed by atoms with E-state index in [1.807, 2.05) is 0 Å². The third-order valence-electron chi connectivity index (χ3n) is 2.02. The molecule has 0 aliphatic rings. The highest BCUT2D eigenvalue weighted by molar-refractivity contribution is 7.55. The highest BCUT2D eigenvalue weighted by Gasteiger charge is 2.05. The summed E-state index contributed by atoms with van der Waals surface area (Å²) in [6.07, 6.45) is 4.97. The van der Waals surface area contributed by atoms with Gasteiger partial charge in [-0.3, -0.25) is 4.76 Å². The summed E-state index contributed by atoms with van der Waals surface area (Å²) in [6.45, 7) is 11.3. The molecular formula is C11H24NP. The Morgan fingerprint density at radius 2 is 1.85 bits per heavy atom. The second-order valence-corrected chi connectivity index (χ2v) is 5.84. The SMILES string of the molecule is CCCC(=NP(C)CCC)C(C)C. The number of hydrogen-bond donors (Lipinski definition) is 0. The van der Waals surface area contributed by atoms with Gasteiger partial charge in [-0.25, -0.2) is 0 Å². The average Bonchev–Trinajstić information content (AvgIpc) is 2.04. The van der Waals surface area contributed by atoms with Crippen molar-refractivity contribution in [2.75, 3.05) is 12.8 Å². The quantitative estimate of drug-likeness (QED) is 0.448. The largest absolute Gasteiger partial charge is 0.271 e. The minimum atomic E-state index is -0.0761. The molecule has 0 aliphatic heterocycles. The van der Waals surface area contributed by atoms with E-state index in [1.54, 1.807) is 0 Å². The number of rotatable bonds is 6. The molecule has 0 radical (unpaired) electrons. The van der Waals surface area contributed by atoms with Crippen LogP contribution in [0.25, 0.3) is 0 Å². The fraction of sp³-hybridized carbons (Fsp3) is 0.909. The van der Waals surface area contributed by atoms with E-state index in [1.165, 1.54) is 31.1 Å². The van der Waals surface area contributed by atoms with Crippen LogP contribution in [0.3, 0.4) is 0 Å². The van der Waals surface area contributed by atoms with Crippen molar-refractivity contribution < 1.29 is 0 Å². The molecule has 0 aromatic carbocycles. The third kappa shape index (κ3) is 6.21. The summed E-state index contributed by atoms with van der Waals surface area (Å²) >= 11 is 0. The monoisotopic (exact) mass is 201 g/mol. The van der Waals surface area contributed by atoms with Crippen LogP contribution in [0.15, 0.2) is 4.76 Å². The van der Waals surface area contributed by atoms with Gasteiger partial charge in [0, 0.05) is 13.8 Å². The first-order valence-electron chi connectivity index (χ1n) is 5.40. The Hall–Kier alpha value is 0.100. The highest BCUT2D eigenvalue weighted by atomic mass is 31.1. The summed E-state index contributed by atoms with van der Waals surface area (Å²) in [6, 6.07) is 0. The van der Waals surface area contributed by atoms with Crippen molar-refractivity contribution in [1.82, 2.24) is 0 Å². The van der Waals surface area contributed by atoms with Gasteiger partial charge in [-0.1, -0.05) is 40.5 Å². The Morgan fingerprint density at radius 1 is 1.23 bits per heavy atom. The molecule has 1 atom stereocenters. The van der Waals surface area contributed by atoms with E-state index in [2.05, 4.69) is 34.4 Å². The zero-order valence-electron chi connectivity index (χ0n) is 9.80. The van der Waals surface area contributed by atoms with Crippen LogP contribution in [0, 0.1) is 5.92 Å². The van der Waals surface area contributed by atoms with Crippen molar-refractivity contribution in [2.45, 2.75) is 47.0 Å². The first-order chi connectivity index (χ1) is 6.11. The highest BCUT2D eigenvalue weighted by Crippen LogP contribution is 2.34. The van der Waals surface area contributed by atoms with Crippen LogP contribution in [0.4, 0.5) is 0 Å². The fourth-order valence-electron chi connectivity index (χ4n) is 1.30. The topological polar surface area (TPSA) is 12.4 Å². The van der Waals surface area contributed by atoms with Gasteiger partial charge in [0.05, 0.1) is 0 Å². The molecule has 0 aliphatic carbocycles. The lowest BCUT2D eigenvalue weighted by atomic mass is 10.0. The van der Waals surface area contributed by atoms with E-state index >= 15 is 0 Å². The molecule has 0 saturated heterocycles. The molecule has 1 nitrogen and oxygen atoms in total. The van der Waals surface area contributed by atoms with Gasteiger partial charge in [0.25, 0.3) is 0 Å². The maximum atomic E-state index is 4.84. The third-order valence-corrected chi connectivity index (χ3v) is 3.71. The van der Waals surface area contributed by atoms with Gasteiger partial charge in [-0.15, -0.1) is 0 Å². The summed E-state index contributed by atoms with van der Waals surface area (Å²) in [4.78, 5) is 0. The van der Waals surface area contributed by atoms with Crippen LogP contribution in [-0.4, -0.2) is 18.5 Å². The predicted octanol–water partition coefficient (Wildman–Crippen LogP) is 4.32. The normalized spacial score (nSPS) is 15.1.